The van der Waals surface area contributed by atoms with E-state index in [1.54, 1.807) is 0 Å². The first kappa shape index (κ1) is 15.0. The summed E-state index contributed by atoms with van der Waals surface area (Å²) in [4.78, 5) is 14.7. The van der Waals surface area contributed by atoms with Crippen LogP contribution in [-0.2, 0) is 4.79 Å². The summed E-state index contributed by atoms with van der Waals surface area (Å²) in [6.07, 6.45) is 4.46. The van der Waals surface area contributed by atoms with Gasteiger partial charge in [-0.3, -0.25) is 9.69 Å². The van der Waals surface area contributed by atoms with Crippen molar-refractivity contribution in [3.8, 4) is 0 Å². The minimum Gasteiger partial charge on any atom is -0.349 e. The summed E-state index contributed by atoms with van der Waals surface area (Å²) in [5.41, 5.74) is 2.35. The zero-order valence-corrected chi connectivity index (χ0v) is 13.1. The second-order valence-corrected chi connectivity index (χ2v) is 6.24. The predicted molar refractivity (Wildman–Crippen MR) is 82.6 cm³/mol. The highest BCUT2D eigenvalue weighted by atomic mass is 16.2. The van der Waals surface area contributed by atoms with E-state index < -0.39 is 0 Å². The molecule has 20 heavy (non-hydrogen) atoms. The monoisotopic (exact) mass is 274 g/mol. The molecule has 110 valence electrons. The Hall–Kier alpha value is -1.35. The van der Waals surface area contributed by atoms with Gasteiger partial charge < -0.3 is 5.32 Å². The zero-order chi connectivity index (χ0) is 14.8. The summed E-state index contributed by atoms with van der Waals surface area (Å²) in [6.45, 7) is 4.25. The van der Waals surface area contributed by atoms with Gasteiger partial charge in [-0.15, -0.1) is 0 Å². The molecule has 1 aromatic carbocycles. The van der Waals surface area contributed by atoms with Crippen LogP contribution in [0.15, 0.2) is 24.3 Å². The van der Waals surface area contributed by atoms with Crippen molar-refractivity contribution in [2.24, 2.45) is 0 Å². The summed E-state index contributed by atoms with van der Waals surface area (Å²) in [5, 5.41) is 3.29. The molecule has 0 aliphatic heterocycles. The maximum Gasteiger partial charge on any atom is 0.242 e. The van der Waals surface area contributed by atoms with Crippen molar-refractivity contribution < 1.29 is 4.79 Å². The molecule has 0 radical (unpaired) electrons. The van der Waals surface area contributed by atoms with Crippen molar-refractivity contribution in [3.05, 3.63) is 35.4 Å². The highest BCUT2D eigenvalue weighted by molar-refractivity contribution is 5.84. The van der Waals surface area contributed by atoms with Gasteiger partial charge in [-0.1, -0.05) is 37.6 Å². The van der Waals surface area contributed by atoms with Crippen molar-refractivity contribution in [2.45, 2.75) is 51.1 Å². The van der Waals surface area contributed by atoms with Crippen LogP contribution in [0.1, 0.15) is 49.8 Å². The van der Waals surface area contributed by atoms with Gasteiger partial charge in [0.1, 0.15) is 6.04 Å². The molecule has 1 aliphatic carbocycles. The SMILES string of the molecule is CCCC1(NC(=O)C(c2ccccc2C)N(C)C)CC1. The average molecular weight is 274 g/mol. The molecule has 1 saturated carbocycles. The van der Waals surface area contributed by atoms with Gasteiger partial charge in [0.05, 0.1) is 0 Å². The maximum absolute atomic E-state index is 12.7. The highest BCUT2D eigenvalue weighted by Gasteiger charge is 2.44. The second kappa shape index (κ2) is 5.96. The zero-order valence-electron chi connectivity index (χ0n) is 13.1. The lowest BCUT2D eigenvalue weighted by molar-refractivity contribution is -0.126. The van der Waals surface area contributed by atoms with Crippen molar-refractivity contribution >= 4 is 5.91 Å². The van der Waals surface area contributed by atoms with E-state index in [9.17, 15) is 4.79 Å². The average Bonchev–Trinajstić information content (AvgIpc) is 3.11. The largest absolute Gasteiger partial charge is 0.349 e. The van der Waals surface area contributed by atoms with Gasteiger partial charge in [-0.2, -0.15) is 0 Å². The Bertz CT molecular complexity index is 478. The Morgan fingerprint density at radius 3 is 2.50 bits per heavy atom. The number of amides is 1. The van der Waals surface area contributed by atoms with Gasteiger partial charge in [-0.05, 0) is 51.4 Å². The molecule has 1 atom stereocenters. The van der Waals surface area contributed by atoms with Crippen LogP contribution in [0.3, 0.4) is 0 Å². The van der Waals surface area contributed by atoms with E-state index in [2.05, 4.69) is 31.3 Å². The van der Waals surface area contributed by atoms with Gasteiger partial charge in [0.15, 0.2) is 0 Å². The van der Waals surface area contributed by atoms with Crippen LogP contribution in [0.5, 0.6) is 0 Å². The van der Waals surface area contributed by atoms with Gasteiger partial charge in [0.2, 0.25) is 5.91 Å². The van der Waals surface area contributed by atoms with Crippen molar-refractivity contribution in [1.82, 2.24) is 10.2 Å². The number of benzene rings is 1. The minimum atomic E-state index is -0.203. The smallest absolute Gasteiger partial charge is 0.242 e. The number of rotatable bonds is 6. The topological polar surface area (TPSA) is 32.3 Å². The van der Waals surface area contributed by atoms with Crippen molar-refractivity contribution in [3.63, 3.8) is 0 Å². The number of hydrogen-bond acceptors (Lipinski definition) is 2. The lowest BCUT2D eigenvalue weighted by atomic mass is 9.99. The van der Waals surface area contributed by atoms with Gasteiger partial charge in [0, 0.05) is 5.54 Å². The Morgan fingerprint density at radius 1 is 1.35 bits per heavy atom. The quantitative estimate of drug-likeness (QED) is 0.864. The molecule has 1 unspecified atom stereocenters. The molecule has 1 fully saturated rings. The van der Waals surface area contributed by atoms with Crippen LogP contribution in [0.2, 0.25) is 0 Å². The second-order valence-electron chi connectivity index (χ2n) is 6.24. The van der Waals surface area contributed by atoms with Crippen LogP contribution in [0.4, 0.5) is 0 Å². The summed E-state index contributed by atoms with van der Waals surface area (Å²) >= 11 is 0. The Labute approximate surface area is 122 Å². The van der Waals surface area contributed by atoms with E-state index in [1.807, 2.05) is 31.1 Å². The lowest BCUT2D eigenvalue weighted by Crippen LogP contribution is -2.44. The van der Waals surface area contributed by atoms with Crippen LogP contribution < -0.4 is 5.32 Å². The van der Waals surface area contributed by atoms with E-state index in [0.717, 1.165) is 31.2 Å². The molecular formula is C17H26N2O. The fourth-order valence-electron chi connectivity index (χ4n) is 2.94. The van der Waals surface area contributed by atoms with E-state index in [1.165, 1.54) is 5.56 Å². The predicted octanol–water partition coefficient (Wildman–Crippen LogP) is 3.05. The standard InChI is InChI=1S/C17H26N2O/c1-5-10-17(11-12-17)18-16(20)15(19(3)4)14-9-7-6-8-13(14)2/h6-9,15H,5,10-12H2,1-4H3,(H,18,20). The fraction of sp³-hybridized carbons (Fsp3) is 0.588. The van der Waals surface area contributed by atoms with Gasteiger partial charge in [0.25, 0.3) is 0 Å². The molecule has 1 aliphatic rings. The molecular weight excluding hydrogens is 248 g/mol. The minimum absolute atomic E-state index is 0.0861. The first-order chi connectivity index (χ1) is 9.49. The third-order valence-electron chi connectivity index (χ3n) is 4.22. The normalized spacial score (nSPS) is 17.9. The van der Waals surface area contributed by atoms with Gasteiger partial charge >= 0.3 is 0 Å². The number of nitrogens with one attached hydrogen (secondary N) is 1. The van der Waals surface area contributed by atoms with Gasteiger partial charge in [-0.25, -0.2) is 0 Å². The Balaban J connectivity index is 2.17. The number of aryl methyl sites for hydroxylation is 1. The molecule has 0 saturated heterocycles. The summed E-state index contributed by atoms with van der Waals surface area (Å²) < 4.78 is 0. The van der Waals surface area contributed by atoms with Crippen LogP contribution in [0.25, 0.3) is 0 Å². The third-order valence-corrected chi connectivity index (χ3v) is 4.22. The molecule has 0 spiro atoms. The molecule has 2 rings (SSSR count). The number of carbonyl (C=O) groups excluding carboxylic acids is 1. The third kappa shape index (κ3) is 3.21. The maximum atomic E-state index is 12.7. The lowest BCUT2D eigenvalue weighted by Gasteiger charge is -2.28. The molecule has 3 heteroatoms. The van der Waals surface area contributed by atoms with Crippen LogP contribution in [0, 0.1) is 6.92 Å². The highest BCUT2D eigenvalue weighted by Crippen LogP contribution is 2.40. The van der Waals surface area contributed by atoms with E-state index in [0.29, 0.717) is 0 Å². The first-order valence-corrected chi connectivity index (χ1v) is 7.53. The number of nitrogens with zero attached hydrogens (tertiary/aromatic N) is 1. The molecule has 1 N–H and O–H groups in total. The molecule has 3 nitrogen and oxygen atoms in total. The fourth-order valence-corrected chi connectivity index (χ4v) is 2.94. The number of hydrogen-bond donors (Lipinski definition) is 1. The number of likely N-dealkylation sites (N-methyl/N-ethyl adjacent to an activating group) is 1. The van der Waals surface area contributed by atoms with E-state index in [-0.39, 0.29) is 17.5 Å². The van der Waals surface area contributed by atoms with Crippen molar-refractivity contribution in [1.29, 1.82) is 0 Å². The van der Waals surface area contributed by atoms with Crippen molar-refractivity contribution in [2.75, 3.05) is 14.1 Å². The van der Waals surface area contributed by atoms with Crippen LogP contribution >= 0.6 is 0 Å². The molecule has 0 aromatic heterocycles. The molecule has 1 aromatic rings. The first-order valence-electron chi connectivity index (χ1n) is 7.53. The van der Waals surface area contributed by atoms with E-state index >= 15 is 0 Å². The number of carbonyl (C=O) groups is 1. The Kier molecular flexibility index (Phi) is 4.48. The molecule has 0 bridgehead atoms. The molecule has 1 amide bonds. The summed E-state index contributed by atoms with van der Waals surface area (Å²) in [6, 6.07) is 7.94. The van der Waals surface area contributed by atoms with Crippen LogP contribution in [-0.4, -0.2) is 30.4 Å². The van der Waals surface area contributed by atoms with E-state index in [4.69, 9.17) is 0 Å². The molecule has 0 heterocycles. The summed E-state index contributed by atoms with van der Waals surface area (Å²) in [5.74, 6) is 0.134. The Morgan fingerprint density at radius 2 is 2.00 bits per heavy atom. The summed E-state index contributed by atoms with van der Waals surface area (Å²) in [7, 11) is 3.94.